The average Bonchev–Trinajstić information content (AvgIpc) is 2.57. The number of anilines is 1. The van der Waals surface area contributed by atoms with Gasteiger partial charge in [0.1, 0.15) is 0 Å². The molecule has 0 unspecified atom stereocenters. The molecule has 0 spiro atoms. The molecular weight excluding hydrogens is 202 g/mol. The van der Waals surface area contributed by atoms with Gasteiger partial charge in [-0.1, -0.05) is 12.1 Å². The molecule has 0 radical (unpaired) electrons. The van der Waals surface area contributed by atoms with Gasteiger partial charge >= 0.3 is 0 Å². The van der Waals surface area contributed by atoms with E-state index in [9.17, 15) is 0 Å². The summed E-state index contributed by atoms with van der Waals surface area (Å²) in [5.74, 6) is 0.704. The van der Waals surface area contributed by atoms with Crippen molar-refractivity contribution in [3.05, 3.63) is 24.3 Å². The molecule has 2 rings (SSSR count). The number of imidazole rings is 1. The number of H-pyrrole nitrogens is 1. The largest absolute Gasteiger partial charge is 0.395 e. The van der Waals surface area contributed by atoms with Crippen molar-refractivity contribution in [3.63, 3.8) is 0 Å². The van der Waals surface area contributed by atoms with Crippen LogP contribution in [0.1, 0.15) is 0 Å². The number of hydrogen-bond donors (Lipinski definition) is 3. The lowest BCUT2D eigenvalue weighted by molar-refractivity contribution is 0.311. The molecule has 0 aliphatic heterocycles. The molecule has 2 aromatic rings. The van der Waals surface area contributed by atoms with Crippen LogP contribution in [-0.2, 0) is 0 Å². The Morgan fingerprint density at radius 2 is 2.14 bits per heavy atom. The van der Waals surface area contributed by atoms with Crippen LogP contribution < -0.4 is 5.32 Å². The van der Waals surface area contributed by atoms with E-state index in [1.54, 1.807) is 0 Å². The number of hydrogen-bond acceptors (Lipinski definition) is 3. The van der Waals surface area contributed by atoms with E-state index in [0.717, 1.165) is 11.0 Å². The van der Waals surface area contributed by atoms with Crippen molar-refractivity contribution in [1.29, 1.82) is 0 Å². The number of nitrogens with zero attached hydrogens (tertiary/aromatic N) is 1. The summed E-state index contributed by atoms with van der Waals surface area (Å²) in [6.07, 6.45) is 0. The number of aromatic nitrogens is 2. The van der Waals surface area contributed by atoms with E-state index < -0.39 is 0 Å². The number of halogens is 1. The highest BCUT2D eigenvalue weighted by Gasteiger charge is 1.99. The van der Waals surface area contributed by atoms with E-state index in [0.29, 0.717) is 12.5 Å². The van der Waals surface area contributed by atoms with Gasteiger partial charge in [-0.25, -0.2) is 4.98 Å². The molecular formula is C9H12ClN3O. The van der Waals surface area contributed by atoms with E-state index in [1.807, 2.05) is 24.3 Å². The Hall–Kier alpha value is -1.26. The smallest absolute Gasteiger partial charge is 0.201 e. The molecule has 1 heterocycles. The number of benzene rings is 1. The lowest BCUT2D eigenvalue weighted by Crippen LogP contribution is -2.06. The van der Waals surface area contributed by atoms with Gasteiger partial charge < -0.3 is 15.4 Å². The van der Waals surface area contributed by atoms with Gasteiger partial charge in [0.15, 0.2) is 0 Å². The third-order valence-corrected chi connectivity index (χ3v) is 1.79. The summed E-state index contributed by atoms with van der Waals surface area (Å²) in [6, 6.07) is 7.80. The summed E-state index contributed by atoms with van der Waals surface area (Å²) >= 11 is 0. The first-order chi connectivity index (χ1) is 6.40. The minimum atomic E-state index is 0. The van der Waals surface area contributed by atoms with Gasteiger partial charge in [-0.05, 0) is 12.1 Å². The first kappa shape index (κ1) is 10.8. The van der Waals surface area contributed by atoms with Crippen molar-refractivity contribution in [2.24, 2.45) is 0 Å². The third kappa shape index (κ3) is 2.16. The molecule has 3 N–H and O–H groups in total. The van der Waals surface area contributed by atoms with Gasteiger partial charge in [0.05, 0.1) is 17.6 Å². The van der Waals surface area contributed by atoms with Crippen LogP contribution in [0.3, 0.4) is 0 Å². The van der Waals surface area contributed by atoms with Gasteiger partial charge in [0.2, 0.25) is 5.95 Å². The summed E-state index contributed by atoms with van der Waals surface area (Å²) in [4.78, 5) is 7.37. The third-order valence-electron chi connectivity index (χ3n) is 1.79. The zero-order valence-corrected chi connectivity index (χ0v) is 8.34. The van der Waals surface area contributed by atoms with Gasteiger partial charge in [0.25, 0.3) is 0 Å². The molecule has 0 aliphatic carbocycles. The Bertz CT molecular complexity index is 369. The summed E-state index contributed by atoms with van der Waals surface area (Å²) in [6.45, 7) is 0.622. The monoisotopic (exact) mass is 213 g/mol. The highest BCUT2D eigenvalue weighted by Crippen LogP contribution is 2.12. The molecule has 0 saturated carbocycles. The SMILES string of the molecule is Cl.OCCNc1nc2ccccc2[nH]1. The van der Waals surface area contributed by atoms with Gasteiger partial charge in [0, 0.05) is 6.54 Å². The molecule has 0 saturated heterocycles. The molecule has 4 nitrogen and oxygen atoms in total. The van der Waals surface area contributed by atoms with Crippen molar-refractivity contribution in [2.75, 3.05) is 18.5 Å². The molecule has 0 amide bonds. The standard InChI is InChI=1S/C9H11N3O.ClH/c13-6-5-10-9-11-7-3-1-2-4-8(7)12-9;/h1-4,13H,5-6H2,(H2,10,11,12);1H. The van der Waals surface area contributed by atoms with Crippen molar-refractivity contribution in [3.8, 4) is 0 Å². The lowest BCUT2D eigenvalue weighted by Gasteiger charge is -1.96. The molecule has 0 aliphatic rings. The molecule has 0 fully saturated rings. The summed E-state index contributed by atoms with van der Waals surface area (Å²) in [5.41, 5.74) is 1.94. The van der Waals surface area contributed by atoms with Crippen LogP contribution in [0.5, 0.6) is 0 Å². The van der Waals surface area contributed by atoms with Crippen LogP contribution in [0.15, 0.2) is 24.3 Å². The Balaban J connectivity index is 0.000000980. The fraction of sp³-hybridized carbons (Fsp3) is 0.222. The van der Waals surface area contributed by atoms with Crippen LogP contribution in [0.2, 0.25) is 0 Å². The zero-order valence-electron chi connectivity index (χ0n) is 7.53. The van der Waals surface area contributed by atoms with E-state index in [-0.39, 0.29) is 19.0 Å². The number of rotatable bonds is 3. The molecule has 0 atom stereocenters. The molecule has 1 aromatic carbocycles. The second-order valence-corrected chi connectivity index (χ2v) is 2.75. The van der Waals surface area contributed by atoms with Crippen molar-refractivity contribution in [1.82, 2.24) is 9.97 Å². The maximum atomic E-state index is 8.60. The van der Waals surface area contributed by atoms with Crippen molar-refractivity contribution >= 4 is 29.4 Å². The van der Waals surface area contributed by atoms with Crippen LogP contribution in [0.4, 0.5) is 5.95 Å². The molecule has 5 heteroatoms. The number of aliphatic hydroxyl groups excluding tert-OH is 1. The van der Waals surface area contributed by atoms with E-state index >= 15 is 0 Å². The molecule has 0 bridgehead atoms. The fourth-order valence-electron chi connectivity index (χ4n) is 1.21. The fourth-order valence-corrected chi connectivity index (χ4v) is 1.21. The van der Waals surface area contributed by atoms with Crippen LogP contribution in [0.25, 0.3) is 11.0 Å². The number of nitrogens with one attached hydrogen (secondary N) is 2. The Morgan fingerprint density at radius 3 is 2.86 bits per heavy atom. The van der Waals surface area contributed by atoms with Gasteiger partial charge in [-0.3, -0.25) is 0 Å². The van der Waals surface area contributed by atoms with Crippen LogP contribution in [0, 0.1) is 0 Å². The zero-order chi connectivity index (χ0) is 9.10. The second-order valence-electron chi connectivity index (χ2n) is 2.75. The first-order valence-electron chi connectivity index (χ1n) is 4.19. The minimum Gasteiger partial charge on any atom is -0.395 e. The van der Waals surface area contributed by atoms with Crippen molar-refractivity contribution < 1.29 is 5.11 Å². The highest BCUT2D eigenvalue weighted by atomic mass is 35.5. The lowest BCUT2D eigenvalue weighted by atomic mass is 10.3. The predicted molar refractivity (Wildman–Crippen MR) is 58.9 cm³/mol. The number of aliphatic hydroxyl groups is 1. The molecule has 14 heavy (non-hydrogen) atoms. The average molecular weight is 214 g/mol. The quantitative estimate of drug-likeness (QED) is 0.722. The maximum Gasteiger partial charge on any atom is 0.201 e. The van der Waals surface area contributed by atoms with Gasteiger partial charge in [-0.2, -0.15) is 0 Å². The Labute approximate surface area is 87.8 Å². The van der Waals surface area contributed by atoms with E-state index in [4.69, 9.17) is 5.11 Å². The van der Waals surface area contributed by atoms with Crippen LogP contribution in [-0.4, -0.2) is 28.2 Å². The van der Waals surface area contributed by atoms with Crippen molar-refractivity contribution in [2.45, 2.75) is 0 Å². The number of fused-ring (bicyclic) bond motifs is 1. The summed E-state index contributed by atoms with van der Waals surface area (Å²) in [7, 11) is 0. The normalized spacial score (nSPS) is 9.79. The van der Waals surface area contributed by atoms with E-state index in [2.05, 4.69) is 15.3 Å². The summed E-state index contributed by atoms with van der Waals surface area (Å²) < 4.78 is 0. The number of aromatic amines is 1. The topological polar surface area (TPSA) is 60.9 Å². The first-order valence-corrected chi connectivity index (χ1v) is 4.19. The highest BCUT2D eigenvalue weighted by molar-refractivity contribution is 5.85. The summed E-state index contributed by atoms with van der Waals surface area (Å²) in [5, 5.41) is 11.6. The Kier molecular flexibility index (Phi) is 3.73. The molecule has 1 aromatic heterocycles. The number of para-hydroxylation sites is 2. The predicted octanol–water partition coefficient (Wildman–Crippen LogP) is 1.39. The molecule has 76 valence electrons. The van der Waals surface area contributed by atoms with Crippen LogP contribution >= 0.6 is 12.4 Å². The van der Waals surface area contributed by atoms with Gasteiger partial charge in [-0.15, -0.1) is 12.4 Å². The second kappa shape index (κ2) is 4.83. The maximum absolute atomic E-state index is 8.60. The Morgan fingerprint density at radius 1 is 1.36 bits per heavy atom. The minimum absolute atomic E-state index is 0. The van der Waals surface area contributed by atoms with E-state index in [1.165, 1.54) is 0 Å².